The van der Waals surface area contributed by atoms with Gasteiger partial charge in [0.15, 0.2) is 0 Å². The molecule has 3 saturated carbocycles. The molecule has 9 nitrogen and oxygen atoms in total. The van der Waals surface area contributed by atoms with Gasteiger partial charge in [-0.05, 0) is 49.9 Å². The number of carboxylic acids is 1. The number of carbonyl (C=O) groups excluding carboxylic acids is 2. The van der Waals surface area contributed by atoms with Crippen molar-refractivity contribution in [3.8, 4) is 0 Å². The Hall–Kier alpha value is -1.94. The van der Waals surface area contributed by atoms with Crippen molar-refractivity contribution in [1.82, 2.24) is 0 Å². The lowest BCUT2D eigenvalue weighted by Gasteiger charge is -2.47. The summed E-state index contributed by atoms with van der Waals surface area (Å²) in [6.45, 7) is 9.82. The summed E-state index contributed by atoms with van der Waals surface area (Å²) in [4.78, 5) is 37.1. The van der Waals surface area contributed by atoms with Gasteiger partial charge in [0.05, 0.1) is 6.10 Å². The highest BCUT2D eigenvalue weighted by molar-refractivity contribution is 5.86. The third kappa shape index (κ3) is 5.28. The molecule has 200 valence electrons. The maximum Gasteiger partial charge on any atom is 0.511 e. The molecule has 3 rings (SSSR count). The fraction of sp³-hybridized carbons (Fsp3) is 0.880. The fourth-order valence-electron chi connectivity index (χ4n) is 6.10. The zero-order valence-electron chi connectivity index (χ0n) is 21.3. The minimum absolute atomic E-state index is 0.00714. The normalized spacial score (nSPS) is 39.3. The van der Waals surface area contributed by atoms with Crippen LogP contribution in [0.25, 0.3) is 0 Å². The number of fused-ring (bicyclic) bond motifs is 1. The zero-order valence-corrected chi connectivity index (χ0v) is 21.3. The monoisotopic (exact) mass is 501 g/mol. The molecule has 0 aromatic heterocycles. The van der Waals surface area contributed by atoms with Crippen LogP contribution in [-0.4, -0.2) is 59.5 Å². The highest BCUT2D eigenvalue weighted by Gasteiger charge is 2.74. The van der Waals surface area contributed by atoms with Crippen molar-refractivity contribution in [3.63, 3.8) is 0 Å². The third-order valence-corrected chi connectivity index (χ3v) is 8.18. The maximum atomic E-state index is 14.9. The van der Waals surface area contributed by atoms with Crippen LogP contribution in [0.2, 0.25) is 0 Å². The summed E-state index contributed by atoms with van der Waals surface area (Å²) in [5.74, 6) is -3.19. The number of ether oxygens (including phenoxy) is 4. The van der Waals surface area contributed by atoms with Crippen molar-refractivity contribution < 1.29 is 42.8 Å². The molecule has 0 heterocycles. The van der Waals surface area contributed by atoms with Crippen LogP contribution in [0.15, 0.2) is 0 Å². The van der Waals surface area contributed by atoms with E-state index < -0.39 is 60.0 Å². The van der Waals surface area contributed by atoms with Gasteiger partial charge in [0, 0.05) is 25.4 Å². The topological polar surface area (TPSA) is 134 Å². The third-order valence-electron chi connectivity index (χ3n) is 8.18. The zero-order chi connectivity index (χ0) is 26.1. The molecular formula is C25H40FNO8. The van der Waals surface area contributed by atoms with E-state index in [2.05, 4.69) is 20.8 Å². The molecule has 3 fully saturated rings. The van der Waals surface area contributed by atoms with Crippen LogP contribution in [0, 0.1) is 29.6 Å². The number of hydrogen-bond acceptors (Lipinski definition) is 8. The van der Waals surface area contributed by atoms with Gasteiger partial charge in [-0.1, -0.05) is 34.1 Å². The molecule has 0 saturated heterocycles. The van der Waals surface area contributed by atoms with E-state index in [4.69, 9.17) is 24.7 Å². The Morgan fingerprint density at radius 2 is 1.80 bits per heavy atom. The number of alkyl halides is 1. The second kappa shape index (κ2) is 10.6. The van der Waals surface area contributed by atoms with E-state index in [0.717, 1.165) is 19.3 Å². The summed E-state index contributed by atoms with van der Waals surface area (Å²) in [6, 6.07) is 0. The molecule has 9 atom stereocenters. The van der Waals surface area contributed by atoms with E-state index in [-0.39, 0.29) is 25.0 Å². The lowest BCUT2D eigenvalue weighted by atomic mass is 9.60. The van der Waals surface area contributed by atoms with E-state index >= 15 is 0 Å². The smallest absolute Gasteiger partial charge is 0.479 e. The molecule has 0 spiro atoms. The van der Waals surface area contributed by atoms with Crippen molar-refractivity contribution in [2.45, 2.75) is 103 Å². The number of halogens is 1. The molecule has 3 aliphatic carbocycles. The molecule has 3 aliphatic rings. The van der Waals surface area contributed by atoms with E-state index in [1.54, 1.807) is 0 Å². The number of hydrogen-bond donors (Lipinski definition) is 2. The van der Waals surface area contributed by atoms with Crippen molar-refractivity contribution in [1.29, 1.82) is 0 Å². The second-order valence-electron chi connectivity index (χ2n) is 10.9. The van der Waals surface area contributed by atoms with Gasteiger partial charge in [0.25, 0.3) is 0 Å². The molecule has 0 radical (unpaired) electrons. The van der Waals surface area contributed by atoms with E-state index in [1.165, 1.54) is 6.92 Å². The first kappa shape index (κ1) is 27.6. The fourth-order valence-corrected chi connectivity index (χ4v) is 6.10. The minimum atomic E-state index is -2.45. The van der Waals surface area contributed by atoms with Gasteiger partial charge in [-0.15, -0.1) is 0 Å². The molecule has 0 aromatic carbocycles. The van der Waals surface area contributed by atoms with Gasteiger partial charge in [0.2, 0.25) is 12.0 Å². The van der Waals surface area contributed by atoms with E-state index in [9.17, 15) is 23.9 Å². The van der Waals surface area contributed by atoms with Gasteiger partial charge < -0.3 is 29.8 Å². The average Bonchev–Trinajstić information content (AvgIpc) is 2.99. The van der Waals surface area contributed by atoms with Crippen LogP contribution < -0.4 is 5.73 Å². The summed E-state index contributed by atoms with van der Waals surface area (Å²) >= 11 is 0. The Balaban J connectivity index is 1.63. The van der Waals surface area contributed by atoms with Gasteiger partial charge in [0.1, 0.15) is 11.6 Å². The summed E-state index contributed by atoms with van der Waals surface area (Å²) in [5, 5.41) is 9.31. The van der Waals surface area contributed by atoms with Crippen LogP contribution in [-0.2, 0) is 28.5 Å². The Morgan fingerprint density at radius 1 is 1.11 bits per heavy atom. The SMILES string of the molecule is CCCO[C@@H]1C[C@@H]2[C@@H](C[C@@]2(F)C(=O)O)[C@]1(N)C(=O)OC(C)OC(=O)O[C@H]1C[C@@H](C)CC[C@@H]1C(C)C. The molecular weight excluding hydrogens is 461 g/mol. The average molecular weight is 502 g/mol. The number of aliphatic carboxylic acids is 1. The van der Waals surface area contributed by atoms with Crippen LogP contribution in [0.4, 0.5) is 9.18 Å². The molecule has 0 amide bonds. The predicted molar refractivity (Wildman–Crippen MR) is 123 cm³/mol. The maximum absolute atomic E-state index is 14.9. The molecule has 0 aliphatic heterocycles. The van der Waals surface area contributed by atoms with Crippen molar-refractivity contribution in [2.24, 2.45) is 35.3 Å². The summed E-state index contributed by atoms with van der Waals surface area (Å²) in [7, 11) is 0. The second-order valence-corrected chi connectivity index (χ2v) is 10.9. The summed E-state index contributed by atoms with van der Waals surface area (Å²) in [6.07, 6.45) is -0.397. The molecule has 0 bridgehead atoms. The first-order valence-corrected chi connectivity index (χ1v) is 12.8. The number of rotatable bonds is 9. The highest BCUT2D eigenvalue weighted by Crippen LogP contribution is 2.60. The van der Waals surface area contributed by atoms with Crippen LogP contribution in [0.3, 0.4) is 0 Å². The Labute approximate surface area is 206 Å². The lowest BCUT2D eigenvalue weighted by molar-refractivity contribution is -0.191. The highest BCUT2D eigenvalue weighted by atomic mass is 19.1. The number of carboxylic acid groups (broad SMARTS) is 1. The van der Waals surface area contributed by atoms with Crippen molar-refractivity contribution >= 4 is 18.1 Å². The lowest BCUT2D eigenvalue weighted by Crippen LogP contribution is -2.67. The van der Waals surface area contributed by atoms with Crippen molar-refractivity contribution in [2.75, 3.05) is 6.61 Å². The largest absolute Gasteiger partial charge is 0.511 e. The van der Waals surface area contributed by atoms with Crippen molar-refractivity contribution in [3.05, 3.63) is 0 Å². The van der Waals surface area contributed by atoms with E-state index in [0.29, 0.717) is 18.3 Å². The quantitative estimate of drug-likeness (QED) is 0.357. The van der Waals surface area contributed by atoms with Crippen LogP contribution >= 0.6 is 0 Å². The van der Waals surface area contributed by atoms with Gasteiger partial charge in [-0.2, -0.15) is 0 Å². The Bertz CT molecular complexity index is 808. The Kier molecular flexibility index (Phi) is 8.36. The van der Waals surface area contributed by atoms with Gasteiger partial charge in [-0.3, -0.25) is 0 Å². The number of nitrogens with two attached hydrogens (primary N) is 1. The molecule has 1 unspecified atom stereocenters. The number of carbonyl (C=O) groups is 3. The predicted octanol–water partition coefficient (Wildman–Crippen LogP) is 3.82. The van der Waals surface area contributed by atoms with E-state index in [1.807, 2.05) is 6.92 Å². The van der Waals surface area contributed by atoms with Gasteiger partial charge >= 0.3 is 18.1 Å². The molecule has 3 N–H and O–H groups in total. The number of esters is 1. The van der Waals surface area contributed by atoms with Crippen LogP contribution in [0.5, 0.6) is 0 Å². The van der Waals surface area contributed by atoms with Gasteiger partial charge in [-0.25, -0.2) is 18.8 Å². The Morgan fingerprint density at radius 3 is 2.40 bits per heavy atom. The summed E-state index contributed by atoms with van der Waals surface area (Å²) < 4.78 is 36.8. The standard InChI is InChI=1S/C25H40FNO8/c1-6-9-32-20-11-17-18(12-24(17,26)21(28)29)25(20,27)22(30)33-15(5)34-23(31)35-19-10-14(4)7-8-16(19)13(2)3/h13-20H,6-12,27H2,1-5H3,(H,28,29)/t14-,15?,16+,17+,18+,19-,20+,24-,25+/m0/s1. The summed E-state index contributed by atoms with van der Waals surface area (Å²) in [5.41, 5.74) is 2.27. The first-order chi connectivity index (χ1) is 16.3. The first-order valence-electron chi connectivity index (χ1n) is 12.8. The molecule has 0 aromatic rings. The molecule has 10 heteroatoms. The molecule has 35 heavy (non-hydrogen) atoms. The minimum Gasteiger partial charge on any atom is -0.479 e. The van der Waals surface area contributed by atoms with Crippen LogP contribution in [0.1, 0.15) is 73.1 Å².